The Morgan fingerprint density at radius 2 is 1.92 bits per heavy atom. The van der Waals surface area contributed by atoms with E-state index in [2.05, 4.69) is 14.4 Å². The maximum Gasteiger partial charge on any atom is 0.286 e. The molecule has 2 heterocycles. The predicted octanol–water partition coefficient (Wildman–Crippen LogP) is 3.29. The van der Waals surface area contributed by atoms with Crippen LogP contribution in [0.2, 0.25) is 0 Å². The Bertz CT molecular complexity index is 1700. The van der Waals surface area contributed by atoms with Crippen LogP contribution < -0.4 is 10.0 Å². The fourth-order valence-corrected chi connectivity index (χ4v) is 8.23. The number of amidine groups is 1. The summed E-state index contributed by atoms with van der Waals surface area (Å²) in [4.78, 5) is 15.3. The highest BCUT2D eigenvalue weighted by atomic mass is 32.2. The minimum absolute atomic E-state index is 0.0393. The number of halogens is 1. The molecular formula is C26H27FN4O6S2. The normalized spacial score (nSPS) is 27.1. The Balaban J connectivity index is 1.41. The lowest BCUT2D eigenvalue weighted by molar-refractivity contribution is -0.134. The predicted molar refractivity (Wildman–Crippen MR) is 143 cm³/mol. The van der Waals surface area contributed by atoms with E-state index in [0.29, 0.717) is 11.1 Å². The van der Waals surface area contributed by atoms with Gasteiger partial charge in [0.15, 0.2) is 5.84 Å². The van der Waals surface area contributed by atoms with Gasteiger partial charge in [0.25, 0.3) is 15.9 Å². The van der Waals surface area contributed by atoms with Gasteiger partial charge in [-0.3, -0.25) is 9.52 Å². The summed E-state index contributed by atoms with van der Waals surface area (Å²) in [6.45, 7) is 1.76. The zero-order valence-electron chi connectivity index (χ0n) is 21.2. The smallest absolute Gasteiger partial charge is 0.286 e. The highest BCUT2D eigenvalue weighted by Gasteiger charge is 2.57. The molecule has 6 rings (SSSR count). The van der Waals surface area contributed by atoms with Crippen LogP contribution in [0.25, 0.3) is 0 Å². The number of hydrogen-bond donors (Lipinski definition) is 3. The average Bonchev–Trinajstić information content (AvgIpc) is 3.46. The van der Waals surface area contributed by atoms with E-state index in [1.807, 2.05) is 0 Å². The SMILES string of the molecule is Cc1ccc(CN2C(=O)C(C3=NS(=O)(=O)c4cc(NS(C)(=O)=O)ccc4N3)=C(O)[C@@H]3[C@H]4CC[C@H](C4)[C@@H]32)cc1F. The number of rotatable bonds is 5. The Labute approximate surface area is 225 Å². The van der Waals surface area contributed by atoms with Crippen LogP contribution in [0.5, 0.6) is 0 Å². The van der Waals surface area contributed by atoms with Crippen molar-refractivity contribution in [3.8, 4) is 0 Å². The van der Waals surface area contributed by atoms with Gasteiger partial charge in [-0.15, -0.1) is 4.40 Å². The van der Waals surface area contributed by atoms with E-state index in [0.717, 1.165) is 31.6 Å². The Morgan fingerprint density at radius 3 is 2.64 bits per heavy atom. The molecule has 0 spiro atoms. The number of carbonyl (C=O) groups excluding carboxylic acids is 1. The summed E-state index contributed by atoms with van der Waals surface area (Å²) in [5, 5.41) is 14.3. The molecule has 39 heavy (non-hydrogen) atoms. The standard InChI is InChI=1S/C26H27FN4O6S2/c1-13-3-4-14(9-18(13)27)12-31-23-16-6-5-15(10-16)21(23)24(32)22(26(31)33)25-28-19-8-7-17(29-38(2,34)35)11-20(19)39(36,37)30-25/h3-4,7-9,11,15-16,21,23,29,32H,5-6,10,12H2,1-2H3,(H,28,30)/t15-,16+,21+,23-/m0/s1. The van der Waals surface area contributed by atoms with E-state index in [1.165, 1.54) is 18.2 Å². The van der Waals surface area contributed by atoms with Crippen LogP contribution in [0, 0.1) is 30.5 Å². The first-order valence-electron chi connectivity index (χ1n) is 12.6. The molecule has 206 valence electrons. The lowest BCUT2D eigenvalue weighted by Gasteiger charge is -2.44. The summed E-state index contributed by atoms with van der Waals surface area (Å²) >= 11 is 0. The zero-order valence-corrected chi connectivity index (χ0v) is 22.8. The molecule has 1 amide bonds. The topological polar surface area (TPSA) is 145 Å². The molecule has 2 aliphatic heterocycles. The highest BCUT2D eigenvalue weighted by molar-refractivity contribution is 7.92. The number of sulfonamides is 2. The van der Waals surface area contributed by atoms with Crippen LogP contribution in [-0.4, -0.2) is 50.9 Å². The maximum absolute atomic E-state index is 14.3. The van der Waals surface area contributed by atoms with Gasteiger partial charge in [0.05, 0.1) is 11.9 Å². The Hall–Kier alpha value is -3.45. The van der Waals surface area contributed by atoms with Crippen molar-refractivity contribution in [3.63, 3.8) is 0 Å². The van der Waals surface area contributed by atoms with Crippen molar-refractivity contribution in [2.45, 2.75) is 43.7 Å². The van der Waals surface area contributed by atoms with Crippen LogP contribution >= 0.6 is 0 Å². The van der Waals surface area contributed by atoms with E-state index in [-0.39, 0.29) is 69.6 Å². The second kappa shape index (κ2) is 8.78. The third kappa shape index (κ3) is 4.37. The molecule has 13 heteroatoms. The van der Waals surface area contributed by atoms with Crippen LogP contribution in [-0.2, 0) is 31.4 Å². The summed E-state index contributed by atoms with van der Waals surface area (Å²) in [6, 6.07) is 8.41. The van der Waals surface area contributed by atoms with Crippen molar-refractivity contribution >= 4 is 43.2 Å². The molecule has 10 nitrogen and oxygen atoms in total. The summed E-state index contributed by atoms with van der Waals surface area (Å²) < 4.78 is 70.0. The third-order valence-corrected chi connectivity index (χ3v) is 10.1. The van der Waals surface area contributed by atoms with Crippen LogP contribution in [0.15, 0.2) is 57.0 Å². The molecule has 2 bridgehead atoms. The van der Waals surface area contributed by atoms with Gasteiger partial charge in [-0.1, -0.05) is 12.1 Å². The number of anilines is 2. The van der Waals surface area contributed by atoms with Gasteiger partial charge < -0.3 is 15.3 Å². The first kappa shape index (κ1) is 25.8. The molecule has 4 atom stereocenters. The van der Waals surface area contributed by atoms with E-state index in [4.69, 9.17) is 0 Å². The van der Waals surface area contributed by atoms with Crippen molar-refractivity contribution in [2.24, 2.45) is 22.2 Å². The number of aliphatic hydroxyl groups excluding tert-OH is 1. The van der Waals surface area contributed by atoms with Crippen LogP contribution in [0.3, 0.4) is 0 Å². The van der Waals surface area contributed by atoms with Crippen molar-refractivity contribution < 1.29 is 31.1 Å². The molecule has 0 radical (unpaired) electrons. The second-order valence-electron chi connectivity index (χ2n) is 10.8. The molecule has 2 aromatic carbocycles. The summed E-state index contributed by atoms with van der Waals surface area (Å²) in [6.07, 6.45) is 3.60. The van der Waals surface area contributed by atoms with Crippen molar-refractivity contribution in [1.82, 2.24) is 4.90 Å². The molecule has 2 aliphatic carbocycles. The highest BCUT2D eigenvalue weighted by Crippen LogP contribution is 2.55. The summed E-state index contributed by atoms with van der Waals surface area (Å²) in [5.74, 6) is -1.48. The van der Waals surface area contributed by atoms with Crippen molar-refractivity contribution in [3.05, 3.63) is 64.7 Å². The Morgan fingerprint density at radius 1 is 1.18 bits per heavy atom. The molecule has 2 aromatic rings. The first-order valence-corrected chi connectivity index (χ1v) is 15.9. The molecule has 2 fully saturated rings. The van der Waals surface area contributed by atoms with E-state index in [1.54, 1.807) is 24.0 Å². The van der Waals surface area contributed by atoms with Crippen LogP contribution in [0.4, 0.5) is 15.8 Å². The number of hydrogen-bond acceptors (Lipinski definition) is 7. The fourth-order valence-electron chi connectivity index (χ4n) is 6.53. The van der Waals surface area contributed by atoms with Gasteiger partial charge in [-0.2, -0.15) is 8.42 Å². The maximum atomic E-state index is 14.3. The average molecular weight is 575 g/mol. The van der Waals surface area contributed by atoms with Crippen molar-refractivity contribution in [2.75, 3.05) is 16.3 Å². The van der Waals surface area contributed by atoms with Gasteiger partial charge >= 0.3 is 0 Å². The number of fused-ring (bicyclic) bond motifs is 6. The quantitative estimate of drug-likeness (QED) is 0.497. The van der Waals surface area contributed by atoms with Gasteiger partial charge in [-0.25, -0.2) is 12.8 Å². The number of nitrogens with one attached hydrogen (secondary N) is 2. The Kier molecular flexibility index (Phi) is 5.81. The minimum atomic E-state index is -4.36. The van der Waals surface area contributed by atoms with Gasteiger partial charge in [-0.05, 0) is 73.4 Å². The monoisotopic (exact) mass is 574 g/mol. The van der Waals surface area contributed by atoms with Gasteiger partial charge in [0.2, 0.25) is 10.0 Å². The second-order valence-corrected chi connectivity index (χ2v) is 14.1. The molecule has 0 aromatic heterocycles. The third-order valence-electron chi connectivity index (χ3n) is 8.13. The largest absolute Gasteiger partial charge is 0.511 e. The molecule has 0 unspecified atom stereocenters. The number of amides is 1. The molecule has 0 saturated heterocycles. The van der Waals surface area contributed by atoms with E-state index >= 15 is 0 Å². The number of nitrogens with zero attached hydrogens (tertiary/aromatic N) is 2. The number of aryl methyl sites for hydroxylation is 1. The van der Waals surface area contributed by atoms with Crippen molar-refractivity contribution in [1.29, 1.82) is 0 Å². The summed E-state index contributed by atoms with van der Waals surface area (Å²) in [5.41, 5.74) is 0.992. The van der Waals surface area contributed by atoms with Gasteiger partial charge in [0.1, 0.15) is 22.0 Å². The zero-order chi connectivity index (χ0) is 27.9. The van der Waals surface area contributed by atoms with E-state index < -0.39 is 26.0 Å². The number of benzene rings is 2. The first-order chi connectivity index (χ1) is 18.3. The molecule has 3 N–H and O–H groups in total. The molecular weight excluding hydrogens is 547 g/mol. The molecule has 4 aliphatic rings. The number of carbonyl (C=O) groups is 1. The minimum Gasteiger partial charge on any atom is -0.511 e. The van der Waals surface area contributed by atoms with E-state index in [9.17, 15) is 31.1 Å². The lowest BCUT2D eigenvalue weighted by atomic mass is 9.77. The fraction of sp³-hybridized carbons (Fsp3) is 0.385. The van der Waals surface area contributed by atoms with Crippen LogP contribution in [0.1, 0.15) is 30.4 Å². The summed E-state index contributed by atoms with van der Waals surface area (Å²) in [7, 11) is -8.01. The van der Waals surface area contributed by atoms with Gasteiger partial charge in [0, 0.05) is 24.2 Å². The molecule has 2 saturated carbocycles. The number of aliphatic hydroxyl groups is 1. The lowest BCUT2D eigenvalue weighted by Crippen LogP contribution is -2.53.